The van der Waals surface area contributed by atoms with Crippen molar-refractivity contribution in [2.75, 3.05) is 19.0 Å². The number of benzene rings is 2. The Hall–Kier alpha value is -3.02. The van der Waals surface area contributed by atoms with E-state index in [4.69, 9.17) is 4.74 Å². The third-order valence-electron chi connectivity index (χ3n) is 4.19. The molecule has 0 atom stereocenters. The second-order valence-corrected chi connectivity index (χ2v) is 7.24. The highest BCUT2D eigenvalue weighted by molar-refractivity contribution is 5.90. The average molecular weight is 397 g/mol. The molecule has 6 nitrogen and oxygen atoms in total. The molecule has 1 amide bonds. The molecular formula is C23H32N4O2. The topological polar surface area (TPSA) is 74.8 Å². The quantitative estimate of drug-likeness (QED) is 0.443. The molecule has 0 aliphatic rings. The van der Waals surface area contributed by atoms with E-state index in [1.807, 2.05) is 69.3 Å². The van der Waals surface area contributed by atoms with Crippen LogP contribution in [-0.4, -0.2) is 25.5 Å². The molecular weight excluding hydrogens is 364 g/mol. The number of carbonyl (C=O) groups is 1. The Morgan fingerprint density at radius 1 is 1.07 bits per heavy atom. The lowest BCUT2D eigenvalue weighted by Gasteiger charge is -2.12. The van der Waals surface area contributed by atoms with E-state index in [-0.39, 0.29) is 5.91 Å². The Morgan fingerprint density at radius 2 is 1.83 bits per heavy atom. The number of ether oxygens (including phenoxy) is 1. The first-order valence-corrected chi connectivity index (χ1v) is 10.0. The van der Waals surface area contributed by atoms with E-state index in [0.717, 1.165) is 35.1 Å². The molecule has 0 radical (unpaired) electrons. The zero-order valence-electron chi connectivity index (χ0n) is 17.8. The molecule has 0 unspecified atom stereocenters. The van der Waals surface area contributed by atoms with Crippen LogP contribution in [-0.2, 0) is 17.9 Å². The number of aliphatic imine (C=N–C) groups is 1. The predicted octanol–water partition coefficient (Wildman–Crippen LogP) is 3.94. The first-order valence-electron chi connectivity index (χ1n) is 10.0. The zero-order chi connectivity index (χ0) is 21.1. The number of methoxy groups -OCH3 is 1. The average Bonchev–Trinajstić information content (AvgIpc) is 2.70. The highest BCUT2D eigenvalue weighted by Gasteiger charge is 2.06. The van der Waals surface area contributed by atoms with Crippen LogP contribution in [0.25, 0.3) is 0 Å². The van der Waals surface area contributed by atoms with Gasteiger partial charge in [0.15, 0.2) is 5.96 Å². The minimum absolute atomic E-state index is 0.0372. The summed E-state index contributed by atoms with van der Waals surface area (Å²) in [6, 6.07) is 15.8. The summed E-state index contributed by atoms with van der Waals surface area (Å²) in [5.41, 5.74) is 2.99. The summed E-state index contributed by atoms with van der Waals surface area (Å²) >= 11 is 0. The van der Waals surface area contributed by atoms with Crippen molar-refractivity contribution in [3.05, 3.63) is 59.7 Å². The van der Waals surface area contributed by atoms with Gasteiger partial charge in [-0.2, -0.15) is 0 Å². The van der Waals surface area contributed by atoms with Crippen LogP contribution < -0.4 is 20.7 Å². The molecule has 2 aromatic carbocycles. The molecule has 3 N–H and O–H groups in total. The van der Waals surface area contributed by atoms with Crippen molar-refractivity contribution in [3.63, 3.8) is 0 Å². The van der Waals surface area contributed by atoms with Gasteiger partial charge in [-0.1, -0.05) is 38.1 Å². The van der Waals surface area contributed by atoms with Crippen LogP contribution in [0.5, 0.6) is 5.75 Å². The van der Waals surface area contributed by atoms with E-state index in [1.165, 1.54) is 0 Å². The van der Waals surface area contributed by atoms with Crippen molar-refractivity contribution in [2.45, 2.75) is 40.3 Å². The molecule has 0 aliphatic carbocycles. The summed E-state index contributed by atoms with van der Waals surface area (Å²) in [7, 11) is 1.66. The minimum atomic E-state index is 0.0372. The van der Waals surface area contributed by atoms with Crippen LogP contribution in [0, 0.1) is 5.92 Å². The third-order valence-corrected chi connectivity index (χ3v) is 4.19. The highest BCUT2D eigenvalue weighted by Crippen LogP contribution is 2.13. The van der Waals surface area contributed by atoms with Crippen molar-refractivity contribution in [2.24, 2.45) is 10.9 Å². The molecule has 2 aromatic rings. The van der Waals surface area contributed by atoms with Crippen LogP contribution in [0.3, 0.4) is 0 Å². The van der Waals surface area contributed by atoms with Crippen molar-refractivity contribution in [1.29, 1.82) is 0 Å². The molecule has 0 bridgehead atoms. The van der Waals surface area contributed by atoms with Gasteiger partial charge in [-0.15, -0.1) is 0 Å². The number of rotatable bonds is 9. The van der Waals surface area contributed by atoms with Gasteiger partial charge in [0, 0.05) is 25.2 Å². The van der Waals surface area contributed by atoms with E-state index in [0.29, 0.717) is 25.4 Å². The fraction of sp³-hybridized carbons (Fsp3) is 0.391. The van der Waals surface area contributed by atoms with Crippen molar-refractivity contribution in [1.82, 2.24) is 10.6 Å². The molecule has 0 heterocycles. The highest BCUT2D eigenvalue weighted by atomic mass is 16.5. The second-order valence-electron chi connectivity index (χ2n) is 7.24. The number of anilines is 1. The standard InChI is InChI=1S/C23H32N4O2/c1-5-24-23(25-15-18-9-11-21(29-4)12-10-18)26-16-19-7-6-8-20(14-19)27-22(28)13-17(2)3/h6-12,14,17H,5,13,15-16H2,1-4H3,(H,27,28)(H2,24,25,26). The number of hydrogen-bond donors (Lipinski definition) is 3. The zero-order valence-corrected chi connectivity index (χ0v) is 17.8. The maximum atomic E-state index is 12.0. The number of amides is 1. The summed E-state index contributed by atoms with van der Waals surface area (Å²) in [6.45, 7) is 8.07. The molecule has 0 aliphatic heterocycles. The van der Waals surface area contributed by atoms with Gasteiger partial charge in [0.1, 0.15) is 5.75 Å². The third kappa shape index (κ3) is 8.25. The molecule has 0 saturated heterocycles. The molecule has 6 heteroatoms. The van der Waals surface area contributed by atoms with Gasteiger partial charge < -0.3 is 20.7 Å². The monoisotopic (exact) mass is 396 g/mol. The van der Waals surface area contributed by atoms with E-state index in [2.05, 4.69) is 20.9 Å². The second kappa shape index (κ2) is 11.7. The molecule has 0 aromatic heterocycles. The summed E-state index contributed by atoms with van der Waals surface area (Å²) in [5, 5.41) is 9.55. The Labute approximate surface area is 173 Å². The fourth-order valence-electron chi connectivity index (χ4n) is 2.77. The van der Waals surface area contributed by atoms with Crippen LogP contribution in [0.1, 0.15) is 38.3 Å². The first-order chi connectivity index (χ1) is 14.0. The SMILES string of the molecule is CCNC(=NCc1cccc(NC(=O)CC(C)C)c1)NCc1ccc(OC)cc1. The van der Waals surface area contributed by atoms with Crippen LogP contribution in [0.4, 0.5) is 5.69 Å². The number of guanidine groups is 1. The summed E-state index contributed by atoms with van der Waals surface area (Å²) < 4.78 is 5.19. The number of nitrogens with zero attached hydrogens (tertiary/aromatic N) is 1. The fourth-order valence-corrected chi connectivity index (χ4v) is 2.77. The van der Waals surface area contributed by atoms with Crippen LogP contribution >= 0.6 is 0 Å². The molecule has 156 valence electrons. The molecule has 0 saturated carbocycles. The van der Waals surface area contributed by atoms with E-state index >= 15 is 0 Å². The lowest BCUT2D eigenvalue weighted by Crippen LogP contribution is -2.36. The van der Waals surface area contributed by atoms with Gasteiger partial charge in [0.25, 0.3) is 0 Å². The van der Waals surface area contributed by atoms with Gasteiger partial charge in [-0.25, -0.2) is 4.99 Å². The molecule has 0 spiro atoms. The number of carbonyl (C=O) groups excluding carboxylic acids is 1. The molecule has 0 fully saturated rings. The maximum absolute atomic E-state index is 12.0. The number of nitrogens with one attached hydrogen (secondary N) is 3. The summed E-state index contributed by atoms with van der Waals surface area (Å²) in [6.07, 6.45) is 0.516. The Kier molecular flexibility index (Phi) is 9.02. The predicted molar refractivity (Wildman–Crippen MR) is 119 cm³/mol. The Morgan fingerprint density at radius 3 is 2.48 bits per heavy atom. The Balaban J connectivity index is 1.96. The molecule has 29 heavy (non-hydrogen) atoms. The maximum Gasteiger partial charge on any atom is 0.224 e. The summed E-state index contributed by atoms with van der Waals surface area (Å²) in [5.74, 6) is 1.96. The smallest absolute Gasteiger partial charge is 0.224 e. The first kappa shape index (κ1) is 22.3. The van der Waals surface area contributed by atoms with E-state index in [1.54, 1.807) is 7.11 Å². The van der Waals surface area contributed by atoms with E-state index < -0.39 is 0 Å². The van der Waals surface area contributed by atoms with Crippen molar-refractivity contribution < 1.29 is 9.53 Å². The Bertz CT molecular complexity index is 801. The van der Waals surface area contributed by atoms with Gasteiger partial charge in [0.2, 0.25) is 5.91 Å². The lowest BCUT2D eigenvalue weighted by molar-refractivity contribution is -0.116. The van der Waals surface area contributed by atoms with Crippen LogP contribution in [0.2, 0.25) is 0 Å². The van der Waals surface area contributed by atoms with Crippen LogP contribution in [0.15, 0.2) is 53.5 Å². The van der Waals surface area contributed by atoms with Crippen molar-refractivity contribution in [3.8, 4) is 5.75 Å². The summed E-state index contributed by atoms with van der Waals surface area (Å²) in [4.78, 5) is 16.6. The lowest BCUT2D eigenvalue weighted by atomic mass is 10.1. The van der Waals surface area contributed by atoms with Gasteiger partial charge in [-0.05, 0) is 48.2 Å². The number of hydrogen-bond acceptors (Lipinski definition) is 3. The van der Waals surface area contributed by atoms with E-state index in [9.17, 15) is 4.79 Å². The minimum Gasteiger partial charge on any atom is -0.497 e. The van der Waals surface area contributed by atoms with Gasteiger partial charge in [0.05, 0.1) is 13.7 Å². The van der Waals surface area contributed by atoms with Crippen molar-refractivity contribution >= 4 is 17.6 Å². The largest absolute Gasteiger partial charge is 0.497 e. The molecule has 2 rings (SSSR count). The van der Waals surface area contributed by atoms with Gasteiger partial charge in [-0.3, -0.25) is 4.79 Å². The van der Waals surface area contributed by atoms with Gasteiger partial charge >= 0.3 is 0 Å². The normalized spacial score (nSPS) is 11.3.